The zero-order valence-electron chi connectivity index (χ0n) is 15.9. The highest BCUT2D eigenvalue weighted by atomic mass is 32.2. The lowest BCUT2D eigenvalue weighted by atomic mass is 9.86. The van der Waals surface area contributed by atoms with Gasteiger partial charge in [-0.05, 0) is 25.7 Å². The van der Waals surface area contributed by atoms with Crippen LogP contribution in [0.5, 0.6) is 0 Å². The minimum atomic E-state index is -0.309. The summed E-state index contributed by atoms with van der Waals surface area (Å²) in [6.07, 6.45) is 4.28. The van der Waals surface area contributed by atoms with Crippen molar-refractivity contribution in [3.8, 4) is 0 Å². The summed E-state index contributed by atoms with van der Waals surface area (Å²) in [7, 11) is 0. The highest BCUT2D eigenvalue weighted by molar-refractivity contribution is 8.14. The monoisotopic (exact) mass is 352 g/mol. The summed E-state index contributed by atoms with van der Waals surface area (Å²) in [4.78, 5) is 29.5. The second kappa shape index (κ2) is 10.0. The molecule has 3 atom stereocenters. The van der Waals surface area contributed by atoms with Gasteiger partial charge in [-0.15, -0.1) is 0 Å². The van der Waals surface area contributed by atoms with Crippen molar-refractivity contribution in [3.63, 3.8) is 0 Å². The molecule has 0 saturated heterocycles. The van der Waals surface area contributed by atoms with E-state index in [1.807, 2.05) is 33.8 Å². The van der Waals surface area contributed by atoms with Crippen LogP contribution in [0.25, 0.3) is 0 Å². The van der Waals surface area contributed by atoms with Crippen LogP contribution in [0.2, 0.25) is 0 Å². The van der Waals surface area contributed by atoms with Crippen molar-refractivity contribution in [2.75, 3.05) is 6.54 Å². The van der Waals surface area contributed by atoms with Gasteiger partial charge >= 0.3 is 0 Å². The molecule has 0 bridgehead atoms. The van der Waals surface area contributed by atoms with E-state index in [1.54, 1.807) is 11.8 Å². The molecule has 0 fully saturated rings. The maximum absolute atomic E-state index is 12.6. The van der Waals surface area contributed by atoms with E-state index in [4.69, 9.17) is 0 Å². The third kappa shape index (κ3) is 6.80. The average Bonchev–Trinajstić information content (AvgIpc) is 2.51. The van der Waals surface area contributed by atoms with Gasteiger partial charge in [0.05, 0.1) is 0 Å². The summed E-state index contributed by atoms with van der Waals surface area (Å²) in [6, 6.07) is 0. The number of amides is 1. The van der Waals surface area contributed by atoms with Gasteiger partial charge in [-0.3, -0.25) is 14.6 Å². The number of nitrogens with zero attached hydrogens (tertiary/aromatic N) is 1. The van der Waals surface area contributed by atoms with E-state index < -0.39 is 0 Å². The lowest BCUT2D eigenvalue weighted by Gasteiger charge is -2.23. The lowest BCUT2D eigenvalue weighted by Crippen LogP contribution is -2.39. The van der Waals surface area contributed by atoms with Crippen LogP contribution in [0, 0.1) is 17.8 Å². The van der Waals surface area contributed by atoms with Crippen molar-refractivity contribution >= 4 is 28.6 Å². The Balaban J connectivity index is 2.70. The molecule has 0 aliphatic carbocycles. The summed E-state index contributed by atoms with van der Waals surface area (Å²) >= 11 is 1.60. The molecule has 1 N–H and O–H groups in total. The quantitative estimate of drug-likeness (QED) is 0.698. The Bertz CT molecular complexity index is 511. The summed E-state index contributed by atoms with van der Waals surface area (Å²) < 4.78 is 0. The van der Waals surface area contributed by atoms with Crippen LogP contribution >= 0.6 is 11.8 Å². The van der Waals surface area contributed by atoms with Crippen molar-refractivity contribution < 1.29 is 9.59 Å². The van der Waals surface area contributed by atoms with E-state index in [1.165, 1.54) is 5.57 Å². The van der Waals surface area contributed by atoms with E-state index in [9.17, 15) is 9.59 Å². The van der Waals surface area contributed by atoms with Crippen LogP contribution in [0.1, 0.15) is 60.8 Å². The van der Waals surface area contributed by atoms with Crippen LogP contribution in [0.3, 0.4) is 0 Å². The molecular weight excluding hydrogens is 320 g/mol. The molecule has 1 aliphatic rings. The predicted octanol–water partition coefficient (Wildman–Crippen LogP) is 4.21. The highest BCUT2D eigenvalue weighted by Gasteiger charge is 2.28. The molecule has 136 valence electrons. The first-order valence-electron chi connectivity index (χ1n) is 8.96. The number of amidine groups is 1. The number of Topliss-reactive ketones (excluding diaryl/α,β-unsaturated/α-hetero) is 1. The first kappa shape index (κ1) is 20.9. The van der Waals surface area contributed by atoms with E-state index in [-0.39, 0.29) is 35.9 Å². The molecule has 1 rings (SSSR count). The molecule has 1 aliphatic heterocycles. The predicted molar refractivity (Wildman–Crippen MR) is 103 cm³/mol. The van der Waals surface area contributed by atoms with Crippen LogP contribution in [0.4, 0.5) is 0 Å². The third-order valence-corrected chi connectivity index (χ3v) is 5.59. The minimum absolute atomic E-state index is 0.0814. The SMILES string of the molecule is CC/C(C)=C/[C@@H](C)C(=O)C[C@H](C(=O)NC1=NCCC(C)S1)C(C)C. The first-order valence-corrected chi connectivity index (χ1v) is 9.84. The zero-order valence-corrected chi connectivity index (χ0v) is 16.7. The lowest BCUT2D eigenvalue weighted by molar-refractivity contribution is -0.130. The van der Waals surface area contributed by atoms with Gasteiger partial charge in [-0.1, -0.05) is 58.0 Å². The number of aliphatic imine (C=N–C) groups is 1. The number of hydrogen-bond acceptors (Lipinski definition) is 4. The molecular formula is C19H32N2O2S. The van der Waals surface area contributed by atoms with Gasteiger partial charge in [0.15, 0.2) is 5.17 Å². The molecule has 0 aromatic rings. The molecule has 1 amide bonds. The smallest absolute Gasteiger partial charge is 0.229 e. The molecule has 0 spiro atoms. The average molecular weight is 353 g/mol. The van der Waals surface area contributed by atoms with Gasteiger partial charge in [-0.2, -0.15) is 0 Å². The number of thioether (sulfide) groups is 1. The maximum Gasteiger partial charge on any atom is 0.229 e. The number of allylic oxidation sites excluding steroid dienone is 2. The summed E-state index contributed by atoms with van der Waals surface area (Å²) in [5, 5.41) is 4.11. The standard InChI is InChI=1S/C19H32N2O2S/c1-7-13(4)10-14(5)17(22)11-16(12(2)3)18(23)21-19-20-9-8-15(6)24-19/h10,12,14-16H,7-9,11H2,1-6H3,(H,20,21,23)/b13-10+/t14-,15?,16+/m1/s1. The van der Waals surface area contributed by atoms with Gasteiger partial charge in [0.2, 0.25) is 5.91 Å². The van der Waals surface area contributed by atoms with Crippen molar-refractivity contribution in [2.45, 2.75) is 66.1 Å². The Morgan fingerprint density at radius 1 is 1.38 bits per heavy atom. The van der Waals surface area contributed by atoms with E-state index >= 15 is 0 Å². The van der Waals surface area contributed by atoms with Crippen molar-refractivity contribution in [1.82, 2.24) is 5.32 Å². The van der Waals surface area contributed by atoms with E-state index in [0.717, 1.165) is 19.4 Å². The van der Waals surface area contributed by atoms with Gasteiger partial charge in [0, 0.05) is 30.1 Å². The molecule has 0 aromatic carbocycles. The normalized spacial score (nSPS) is 21.2. The molecule has 4 nitrogen and oxygen atoms in total. The minimum Gasteiger partial charge on any atom is -0.305 e. The molecule has 24 heavy (non-hydrogen) atoms. The number of carbonyl (C=O) groups excluding carboxylic acids is 2. The first-order chi connectivity index (χ1) is 11.2. The fourth-order valence-corrected chi connectivity index (χ4v) is 3.50. The van der Waals surface area contributed by atoms with Gasteiger partial charge < -0.3 is 5.32 Å². The summed E-state index contributed by atoms with van der Waals surface area (Å²) in [6.45, 7) is 12.9. The highest BCUT2D eigenvalue weighted by Crippen LogP contribution is 2.23. The van der Waals surface area contributed by atoms with Crippen LogP contribution < -0.4 is 5.32 Å². The van der Waals surface area contributed by atoms with Crippen LogP contribution in [-0.4, -0.2) is 28.7 Å². The molecule has 0 aromatic heterocycles. The Hall–Kier alpha value is -1.10. The number of nitrogens with one attached hydrogen (secondary N) is 1. The third-order valence-electron chi connectivity index (χ3n) is 4.50. The molecule has 5 heteroatoms. The fourth-order valence-electron chi connectivity index (χ4n) is 2.57. The number of rotatable bonds is 7. The molecule has 1 heterocycles. The van der Waals surface area contributed by atoms with Crippen molar-refractivity contribution in [1.29, 1.82) is 0 Å². The Kier molecular flexibility index (Phi) is 8.74. The second-order valence-corrected chi connectivity index (χ2v) is 8.50. The molecule has 1 unspecified atom stereocenters. The Morgan fingerprint density at radius 2 is 2.04 bits per heavy atom. The number of carbonyl (C=O) groups is 2. The van der Waals surface area contributed by atoms with Crippen LogP contribution in [0.15, 0.2) is 16.6 Å². The van der Waals surface area contributed by atoms with Crippen molar-refractivity contribution in [3.05, 3.63) is 11.6 Å². The van der Waals surface area contributed by atoms with Crippen molar-refractivity contribution in [2.24, 2.45) is 22.7 Å². The van der Waals surface area contributed by atoms with E-state index in [2.05, 4.69) is 24.2 Å². The van der Waals surface area contributed by atoms with Gasteiger partial charge in [0.25, 0.3) is 0 Å². The molecule has 0 saturated carbocycles. The Labute approximate surface area is 151 Å². The van der Waals surface area contributed by atoms with Gasteiger partial charge in [0.1, 0.15) is 5.78 Å². The topological polar surface area (TPSA) is 58.5 Å². The zero-order chi connectivity index (χ0) is 18.3. The van der Waals surface area contributed by atoms with Gasteiger partial charge in [-0.25, -0.2) is 0 Å². The van der Waals surface area contributed by atoms with Crippen LogP contribution in [-0.2, 0) is 9.59 Å². The fraction of sp³-hybridized carbons (Fsp3) is 0.737. The Morgan fingerprint density at radius 3 is 2.58 bits per heavy atom. The van der Waals surface area contributed by atoms with E-state index in [0.29, 0.717) is 10.4 Å². The second-order valence-electron chi connectivity index (χ2n) is 7.07. The summed E-state index contributed by atoms with van der Waals surface area (Å²) in [5.74, 6) is -0.286. The number of ketones is 1. The summed E-state index contributed by atoms with van der Waals surface area (Å²) in [5.41, 5.74) is 1.21. The molecule has 0 radical (unpaired) electrons. The number of hydrogen-bond donors (Lipinski definition) is 1. The largest absolute Gasteiger partial charge is 0.305 e. The maximum atomic E-state index is 12.6.